The van der Waals surface area contributed by atoms with Gasteiger partial charge in [0.05, 0.1) is 7.11 Å². The fourth-order valence-corrected chi connectivity index (χ4v) is 2.61. The Hall–Kier alpha value is -1.75. The molecule has 2 N–H and O–H groups in total. The van der Waals surface area contributed by atoms with Crippen molar-refractivity contribution in [1.29, 1.82) is 0 Å². The normalized spacial score (nSPS) is 18.7. The summed E-state index contributed by atoms with van der Waals surface area (Å²) in [6.07, 6.45) is 2.25. The summed E-state index contributed by atoms with van der Waals surface area (Å²) in [5, 5.41) is 6.12. The summed E-state index contributed by atoms with van der Waals surface area (Å²) in [6, 6.07) is 7.40. The van der Waals surface area contributed by atoms with Gasteiger partial charge in [-0.1, -0.05) is 6.07 Å². The summed E-state index contributed by atoms with van der Waals surface area (Å²) >= 11 is 0. The summed E-state index contributed by atoms with van der Waals surface area (Å²) in [4.78, 5) is 14.2. The summed E-state index contributed by atoms with van der Waals surface area (Å²) in [5.74, 6) is 1.29. The third-order valence-corrected chi connectivity index (χ3v) is 3.62. The number of nitrogens with zero attached hydrogens (tertiary/aromatic N) is 1. The van der Waals surface area contributed by atoms with Crippen LogP contribution in [-0.2, 0) is 0 Å². The molecule has 0 aliphatic carbocycles. The average Bonchev–Trinajstić information content (AvgIpc) is 2.48. The van der Waals surface area contributed by atoms with Gasteiger partial charge in [0.25, 0.3) is 0 Å². The molecule has 1 saturated heterocycles. The Morgan fingerprint density at radius 1 is 1.50 bits per heavy atom. The predicted octanol–water partition coefficient (Wildman–Crippen LogP) is 2.16. The van der Waals surface area contributed by atoms with E-state index in [0.717, 1.165) is 37.5 Å². The first kappa shape index (κ1) is 14.7. The molecule has 0 spiro atoms. The number of carbonyl (C=O) groups excluding carboxylic acids is 1. The van der Waals surface area contributed by atoms with Crippen LogP contribution in [0.5, 0.6) is 5.75 Å². The molecule has 0 radical (unpaired) electrons. The van der Waals surface area contributed by atoms with Crippen molar-refractivity contribution >= 4 is 11.7 Å². The number of methoxy groups -OCH3 is 1. The number of hydrogen-bond donors (Lipinski definition) is 2. The maximum Gasteiger partial charge on any atom is 0.321 e. The van der Waals surface area contributed by atoms with E-state index in [9.17, 15) is 4.79 Å². The first-order valence-electron chi connectivity index (χ1n) is 7.07. The van der Waals surface area contributed by atoms with E-state index in [1.54, 1.807) is 7.11 Å². The van der Waals surface area contributed by atoms with Crippen LogP contribution in [0.3, 0.4) is 0 Å². The van der Waals surface area contributed by atoms with Crippen LogP contribution >= 0.6 is 0 Å². The van der Waals surface area contributed by atoms with E-state index in [2.05, 4.69) is 10.6 Å². The van der Waals surface area contributed by atoms with Gasteiger partial charge in [0, 0.05) is 24.8 Å². The second-order valence-corrected chi connectivity index (χ2v) is 5.17. The average molecular weight is 277 g/mol. The van der Waals surface area contributed by atoms with Gasteiger partial charge in [-0.3, -0.25) is 0 Å². The van der Waals surface area contributed by atoms with E-state index in [4.69, 9.17) is 4.74 Å². The molecule has 1 heterocycles. The molecule has 1 aliphatic rings. The summed E-state index contributed by atoms with van der Waals surface area (Å²) < 4.78 is 5.16. The zero-order valence-electron chi connectivity index (χ0n) is 12.2. The molecule has 0 saturated carbocycles. The molecule has 2 amide bonds. The number of likely N-dealkylation sites (tertiary alicyclic amines) is 1. The molecule has 110 valence electrons. The summed E-state index contributed by atoms with van der Waals surface area (Å²) in [5.41, 5.74) is 0.769. The van der Waals surface area contributed by atoms with Gasteiger partial charge in [0.15, 0.2) is 0 Å². The van der Waals surface area contributed by atoms with Crippen molar-refractivity contribution in [1.82, 2.24) is 10.2 Å². The van der Waals surface area contributed by atoms with Gasteiger partial charge < -0.3 is 20.3 Å². The van der Waals surface area contributed by atoms with E-state index < -0.39 is 0 Å². The van der Waals surface area contributed by atoms with E-state index in [1.165, 1.54) is 6.42 Å². The van der Waals surface area contributed by atoms with Crippen LogP contribution in [0.1, 0.15) is 12.8 Å². The second kappa shape index (κ2) is 7.14. The lowest BCUT2D eigenvalue weighted by Crippen LogP contribution is -2.44. The molecule has 5 nitrogen and oxygen atoms in total. The number of hydrogen-bond acceptors (Lipinski definition) is 3. The van der Waals surface area contributed by atoms with Crippen LogP contribution in [0, 0.1) is 5.92 Å². The summed E-state index contributed by atoms with van der Waals surface area (Å²) in [6.45, 7) is 2.61. The molecule has 2 rings (SSSR count). The summed E-state index contributed by atoms with van der Waals surface area (Å²) in [7, 11) is 3.57. The Kier molecular flexibility index (Phi) is 5.24. The fourth-order valence-electron chi connectivity index (χ4n) is 2.61. The SMILES string of the molecule is CNCC1CCCN(C(=O)Nc2cccc(OC)c2)C1. The van der Waals surface area contributed by atoms with Gasteiger partial charge in [0.2, 0.25) is 0 Å². The van der Waals surface area contributed by atoms with Crippen molar-refractivity contribution in [2.24, 2.45) is 5.92 Å². The Bertz CT molecular complexity index is 448. The van der Waals surface area contributed by atoms with Gasteiger partial charge >= 0.3 is 6.03 Å². The minimum Gasteiger partial charge on any atom is -0.497 e. The molecule has 1 aromatic rings. The predicted molar refractivity (Wildman–Crippen MR) is 80.2 cm³/mol. The number of benzene rings is 1. The molecule has 1 fully saturated rings. The molecule has 0 aromatic heterocycles. The van der Waals surface area contributed by atoms with Crippen LogP contribution in [0.25, 0.3) is 0 Å². The lowest BCUT2D eigenvalue weighted by Gasteiger charge is -2.32. The topological polar surface area (TPSA) is 53.6 Å². The minimum atomic E-state index is -0.0287. The van der Waals surface area contributed by atoms with Gasteiger partial charge in [-0.2, -0.15) is 0 Å². The van der Waals surface area contributed by atoms with Crippen LogP contribution in [0.2, 0.25) is 0 Å². The Morgan fingerprint density at radius 2 is 2.35 bits per heavy atom. The van der Waals surface area contributed by atoms with Gasteiger partial charge in [0.1, 0.15) is 5.75 Å². The monoisotopic (exact) mass is 277 g/mol. The van der Waals surface area contributed by atoms with Crippen molar-refractivity contribution in [2.45, 2.75) is 12.8 Å². The molecular formula is C15H23N3O2. The third kappa shape index (κ3) is 3.87. The Balaban J connectivity index is 1.93. The third-order valence-electron chi connectivity index (χ3n) is 3.62. The highest BCUT2D eigenvalue weighted by Crippen LogP contribution is 2.19. The maximum atomic E-state index is 12.3. The molecule has 5 heteroatoms. The number of nitrogens with one attached hydrogen (secondary N) is 2. The second-order valence-electron chi connectivity index (χ2n) is 5.17. The standard InChI is InChI=1S/C15H23N3O2/c1-16-10-12-5-4-8-18(11-12)15(19)17-13-6-3-7-14(9-13)20-2/h3,6-7,9,12,16H,4-5,8,10-11H2,1-2H3,(H,17,19). The highest BCUT2D eigenvalue weighted by atomic mass is 16.5. The van der Waals surface area contributed by atoms with Crippen molar-refractivity contribution in [3.05, 3.63) is 24.3 Å². The van der Waals surface area contributed by atoms with Crippen LogP contribution in [0.15, 0.2) is 24.3 Å². The van der Waals surface area contributed by atoms with E-state index in [-0.39, 0.29) is 6.03 Å². The molecule has 1 unspecified atom stereocenters. The molecule has 1 atom stereocenters. The quantitative estimate of drug-likeness (QED) is 0.886. The van der Waals surface area contributed by atoms with E-state index >= 15 is 0 Å². The van der Waals surface area contributed by atoms with Crippen LogP contribution in [0.4, 0.5) is 10.5 Å². The highest BCUT2D eigenvalue weighted by Gasteiger charge is 2.23. The first-order chi connectivity index (χ1) is 9.72. The fraction of sp³-hybridized carbons (Fsp3) is 0.533. The van der Waals surface area contributed by atoms with Gasteiger partial charge in [-0.15, -0.1) is 0 Å². The van der Waals surface area contributed by atoms with E-state index in [1.807, 2.05) is 36.2 Å². The molecule has 1 aliphatic heterocycles. The highest BCUT2D eigenvalue weighted by molar-refractivity contribution is 5.89. The number of ether oxygens (including phenoxy) is 1. The molecule has 20 heavy (non-hydrogen) atoms. The van der Waals surface area contributed by atoms with Gasteiger partial charge in [-0.25, -0.2) is 4.79 Å². The molecule has 1 aromatic carbocycles. The van der Waals surface area contributed by atoms with Crippen molar-refractivity contribution in [3.63, 3.8) is 0 Å². The van der Waals surface area contributed by atoms with Crippen LogP contribution in [-0.4, -0.2) is 44.7 Å². The largest absolute Gasteiger partial charge is 0.497 e. The van der Waals surface area contributed by atoms with Gasteiger partial charge in [-0.05, 0) is 44.5 Å². The number of anilines is 1. The number of carbonyl (C=O) groups is 1. The number of urea groups is 1. The lowest BCUT2D eigenvalue weighted by atomic mass is 9.98. The maximum absolute atomic E-state index is 12.3. The number of rotatable bonds is 4. The lowest BCUT2D eigenvalue weighted by molar-refractivity contribution is 0.177. The zero-order valence-corrected chi connectivity index (χ0v) is 12.2. The number of amides is 2. The molecular weight excluding hydrogens is 254 g/mol. The van der Waals surface area contributed by atoms with Crippen molar-refractivity contribution < 1.29 is 9.53 Å². The number of piperidine rings is 1. The van der Waals surface area contributed by atoms with Crippen molar-refractivity contribution in [3.8, 4) is 5.75 Å². The minimum absolute atomic E-state index is 0.0287. The smallest absolute Gasteiger partial charge is 0.321 e. The zero-order chi connectivity index (χ0) is 14.4. The Labute approximate surface area is 120 Å². The molecule has 0 bridgehead atoms. The van der Waals surface area contributed by atoms with Crippen molar-refractivity contribution in [2.75, 3.05) is 39.1 Å². The van der Waals surface area contributed by atoms with E-state index in [0.29, 0.717) is 5.92 Å². The first-order valence-corrected chi connectivity index (χ1v) is 7.07. The van der Waals surface area contributed by atoms with Crippen LogP contribution < -0.4 is 15.4 Å². The Morgan fingerprint density at radius 3 is 3.10 bits per heavy atom.